The Kier molecular flexibility index (Phi) is 35.2. The molecular formula is C47H88N. The topological polar surface area (TPSA) is 12.9 Å². The number of aromatic nitrogens is 1. The van der Waals surface area contributed by atoms with Crippen molar-refractivity contribution in [2.24, 2.45) is 0 Å². The van der Waals surface area contributed by atoms with Crippen molar-refractivity contribution < 1.29 is 0 Å². The first kappa shape index (κ1) is 45.2. The molecule has 0 amide bonds. The number of hydrogen-bond donors (Lipinski definition) is 0. The van der Waals surface area contributed by atoms with Crippen LogP contribution in [-0.2, 0) is 19.3 Å². The summed E-state index contributed by atoms with van der Waals surface area (Å²) >= 11 is 0. The number of rotatable bonds is 39. The van der Waals surface area contributed by atoms with Gasteiger partial charge >= 0.3 is 0 Å². The summed E-state index contributed by atoms with van der Waals surface area (Å²) in [4.78, 5) is 5.08. The van der Waals surface area contributed by atoms with E-state index in [2.05, 4.69) is 32.9 Å². The zero-order valence-electron chi connectivity index (χ0n) is 33.4. The fourth-order valence-corrected chi connectivity index (χ4v) is 7.53. The van der Waals surface area contributed by atoms with Crippen molar-refractivity contribution >= 4 is 0 Å². The molecule has 0 N–H and O–H groups in total. The quantitative estimate of drug-likeness (QED) is 0.0637. The molecular weight excluding hydrogens is 579 g/mol. The zero-order chi connectivity index (χ0) is 34.4. The Labute approximate surface area is 304 Å². The summed E-state index contributed by atoms with van der Waals surface area (Å²) in [7, 11) is 0. The van der Waals surface area contributed by atoms with Crippen LogP contribution in [0.3, 0.4) is 0 Å². The Hall–Kier alpha value is -0.850. The number of hydrogen-bond acceptors (Lipinski definition) is 1. The van der Waals surface area contributed by atoms with E-state index in [4.69, 9.17) is 4.98 Å². The van der Waals surface area contributed by atoms with Gasteiger partial charge in [-0.1, -0.05) is 232 Å². The highest BCUT2D eigenvalue weighted by molar-refractivity contribution is 5.22. The first-order chi connectivity index (χ1) is 23.8. The van der Waals surface area contributed by atoms with Crippen LogP contribution in [-0.4, -0.2) is 4.98 Å². The molecule has 0 aromatic carbocycles. The highest BCUT2D eigenvalue weighted by Crippen LogP contribution is 2.18. The summed E-state index contributed by atoms with van der Waals surface area (Å²) in [6, 6.07) is 4.67. The standard InChI is InChI=1S/C47H88N/c1-4-7-9-11-13-15-17-19-21-23-25-27-29-31-33-35-37-39-41-46-43-45(6-3)44-47(48-46)42-40-38-36-34-32-30-28-26-24-22-20-18-16-14-12-10-8-5-2/h43-44H,3-42H2,1-2H3. The molecule has 0 spiro atoms. The van der Waals surface area contributed by atoms with Gasteiger partial charge in [0.15, 0.2) is 0 Å². The molecule has 1 heterocycles. The number of nitrogens with zero attached hydrogens (tertiary/aromatic N) is 1. The van der Waals surface area contributed by atoms with Crippen LogP contribution in [0.4, 0.5) is 0 Å². The lowest BCUT2D eigenvalue weighted by atomic mass is 10.0. The Morgan fingerprint density at radius 2 is 0.542 bits per heavy atom. The minimum atomic E-state index is 0.890. The van der Waals surface area contributed by atoms with Gasteiger partial charge in [-0.3, -0.25) is 4.98 Å². The molecule has 1 nitrogen and oxygen atoms in total. The molecule has 1 radical (unpaired) electrons. The summed E-state index contributed by atoms with van der Waals surface area (Å²) in [6.07, 6.45) is 54.9. The summed E-state index contributed by atoms with van der Waals surface area (Å²) in [5, 5.41) is 0. The first-order valence-corrected chi connectivity index (χ1v) is 22.6. The molecule has 281 valence electrons. The predicted molar refractivity (Wildman–Crippen MR) is 218 cm³/mol. The molecule has 1 aromatic heterocycles. The van der Waals surface area contributed by atoms with Gasteiger partial charge in [-0.25, -0.2) is 0 Å². The van der Waals surface area contributed by atoms with E-state index in [0.717, 1.165) is 19.3 Å². The van der Waals surface area contributed by atoms with Crippen LogP contribution in [0, 0.1) is 6.92 Å². The van der Waals surface area contributed by atoms with E-state index in [0.29, 0.717) is 0 Å². The van der Waals surface area contributed by atoms with Crippen molar-refractivity contribution in [3.63, 3.8) is 0 Å². The second-order valence-corrected chi connectivity index (χ2v) is 15.7. The van der Waals surface area contributed by atoms with Gasteiger partial charge in [0.1, 0.15) is 0 Å². The van der Waals surface area contributed by atoms with Gasteiger partial charge in [0.25, 0.3) is 0 Å². The molecule has 0 aliphatic carbocycles. The minimum Gasteiger partial charge on any atom is -0.258 e. The average molecular weight is 667 g/mol. The van der Waals surface area contributed by atoms with E-state index in [1.165, 1.54) is 248 Å². The minimum absolute atomic E-state index is 0.890. The molecule has 0 fully saturated rings. The van der Waals surface area contributed by atoms with E-state index in [1.54, 1.807) is 0 Å². The second kappa shape index (κ2) is 37.4. The van der Waals surface area contributed by atoms with E-state index in [9.17, 15) is 0 Å². The van der Waals surface area contributed by atoms with Crippen LogP contribution in [0.25, 0.3) is 0 Å². The normalized spacial score (nSPS) is 11.6. The molecule has 0 aliphatic heterocycles. The number of unbranched alkanes of at least 4 members (excludes halogenated alkanes) is 34. The highest BCUT2D eigenvalue weighted by Gasteiger charge is 2.04. The Morgan fingerprint density at radius 1 is 0.333 bits per heavy atom. The van der Waals surface area contributed by atoms with Crippen molar-refractivity contribution in [3.8, 4) is 0 Å². The third-order valence-corrected chi connectivity index (χ3v) is 10.9. The lowest BCUT2D eigenvalue weighted by molar-refractivity contribution is 0.524. The van der Waals surface area contributed by atoms with Crippen LogP contribution < -0.4 is 0 Å². The summed E-state index contributed by atoms with van der Waals surface area (Å²) in [6.45, 7) is 8.79. The van der Waals surface area contributed by atoms with Crippen LogP contribution in [0.5, 0.6) is 0 Å². The Balaban J connectivity index is 1.93. The molecule has 1 rings (SSSR count). The van der Waals surface area contributed by atoms with E-state index in [1.807, 2.05) is 0 Å². The van der Waals surface area contributed by atoms with Gasteiger partial charge in [-0.15, -0.1) is 0 Å². The predicted octanol–water partition coefficient (Wildman–Crippen LogP) is 16.6. The maximum absolute atomic E-state index is 5.08. The van der Waals surface area contributed by atoms with Gasteiger partial charge in [0.2, 0.25) is 0 Å². The fourth-order valence-electron chi connectivity index (χ4n) is 7.53. The highest BCUT2D eigenvalue weighted by atomic mass is 14.7. The molecule has 0 saturated carbocycles. The first-order valence-electron chi connectivity index (χ1n) is 22.6. The summed E-state index contributed by atoms with van der Waals surface area (Å²) in [5.74, 6) is 0. The van der Waals surface area contributed by atoms with E-state index >= 15 is 0 Å². The van der Waals surface area contributed by atoms with Crippen molar-refractivity contribution in [1.29, 1.82) is 0 Å². The van der Waals surface area contributed by atoms with Crippen molar-refractivity contribution in [1.82, 2.24) is 4.98 Å². The van der Waals surface area contributed by atoms with Gasteiger partial charge in [0.05, 0.1) is 0 Å². The van der Waals surface area contributed by atoms with Crippen LogP contribution >= 0.6 is 0 Å². The molecule has 48 heavy (non-hydrogen) atoms. The number of aryl methyl sites for hydroxylation is 2. The molecule has 0 unspecified atom stereocenters. The lowest BCUT2D eigenvalue weighted by Crippen LogP contribution is -2.00. The fraction of sp³-hybridized carbons (Fsp3) is 0.872. The Bertz CT molecular complexity index is 695. The molecule has 0 aliphatic rings. The molecule has 1 heteroatoms. The third kappa shape index (κ3) is 31.2. The van der Waals surface area contributed by atoms with Crippen molar-refractivity contribution in [3.05, 3.63) is 36.0 Å². The van der Waals surface area contributed by atoms with Crippen molar-refractivity contribution in [2.45, 2.75) is 264 Å². The Morgan fingerprint density at radius 3 is 0.750 bits per heavy atom. The van der Waals surface area contributed by atoms with Crippen molar-refractivity contribution in [2.75, 3.05) is 0 Å². The van der Waals surface area contributed by atoms with E-state index < -0.39 is 0 Å². The van der Waals surface area contributed by atoms with Gasteiger partial charge in [-0.2, -0.15) is 0 Å². The monoisotopic (exact) mass is 667 g/mol. The number of pyridine rings is 1. The molecule has 1 aromatic rings. The molecule has 0 bridgehead atoms. The molecule has 0 saturated heterocycles. The largest absolute Gasteiger partial charge is 0.258 e. The third-order valence-electron chi connectivity index (χ3n) is 10.9. The molecule has 0 atom stereocenters. The van der Waals surface area contributed by atoms with Gasteiger partial charge < -0.3 is 0 Å². The maximum Gasteiger partial charge on any atom is 0.0409 e. The maximum atomic E-state index is 5.08. The summed E-state index contributed by atoms with van der Waals surface area (Å²) in [5.41, 5.74) is 4.04. The van der Waals surface area contributed by atoms with Gasteiger partial charge in [-0.05, 0) is 56.7 Å². The average Bonchev–Trinajstić information content (AvgIpc) is 3.10. The lowest BCUT2D eigenvalue weighted by Gasteiger charge is -2.09. The van der Waals surface area contributed by atoms with Gasteiger partial charge in [0, 0.05) is 11.4 Å². The van der Waals surface area contributed by atoms with Crippen LogP contribution in [0.15, 0.2) is 12.1 Å². The summed E-state index contributed by atoms with van der Waals surface area (Å²) < 4.78 is 0. The van der Waals surface area contributed by atoms with Crippen LogP contribution in [0.2, 0.25) is 0 Å². The van der Waals surface area contributed by atoms with Crippen LogP contribution in [0.1, 0.15) is 262 Å². The smallest absolute Gasteiger partial charge is 0.0409 e. The SMILES string of the molecule is [CH2]Cc1cc(CCCCCCCCCCCCCCCCCCCC)nc(CCCCCCCCCCCCCCCCCCCC)c1. The van der Waals surface area contributed by atoms with E-state index in [-0.39, 0.29) is 0 Å². The second-order valence-electron chi connectivity index (χ2n) is 15.7. The zero-order valence-corrected chi connectivity index (χ0v) is 33.4.